The quantitative estimate of drug-likeness (QED) is 0.325. The van der Waals surface area contributed by atoms with Crippen molar-refractivity contribution in [3.05, 3.63) is 61.6 Å². The summed E-state index contributed by atoms with van der Waals surface area (Å²) in [5.41, 5.74) is 2.55. The van der Waals surface area contributed by atoms with Gasteiger partial charge in [-0.2, -0.15) is 28.8 Å². The van der Waals surface area contributed by atoms with Crippen LogP contribution in [0.3, 0.4) is 0 Å². The third kappa shape index (κ3) is 4.16. The molecular formula is C15H7BrF3N7O2. The van der Waals surface area contributed by atoms with Crippen LogP contribution in [0.15, 0.2) is 45.4 Å². The van der Waals surface area contributed by atoms with E-state index >= 15 is 0 Å². The van der Waals surface area contributed by atoms with Crippen molar-refractivity contribution in [1.29, 1.82) is 10.5 Å². The Morgan fingerprint density at radius 3 is 2.61 bits per heavy atom. The molecule has 2 N–H and O–H groups in total. The maximum atomic E-state index is 12.8. The summed E-state index contributed by atoms with van der Waals surface area (Å²) in [7, 11) is 0. The highest BCUT2D eigenvalue weighted by molar-refractivity contribution is 9.10. The highest BCUT2D eigenvalue weighted by Crippen LogP contribution is 2.35. The van der Waals surface area contributed by atoms with E-state index in [1.165, 1.54) is 6.20 Å². The zero-order valence-corrected chi connectivity index (χ0v) is 15.1. The molecule has 0 unspecified atom stereocenters. The molecule has 13 heteroatoms. The highest BCUT2D eigenvalue weighted by atomic mass is 79.9. The molecule has 9 nitrogen and oxygen atoms in total. The molecule has 1 aromatic carbocycles. The van der Waals surface area contributed by atoms with Crippen LogP contribution in [0.5, 0.6) is 0 Å². The van der Waals surface area contributed by atoms with Crippen molar-refractivity contribution in [2.75, 3.05) is 0 Å². The lowest BCUT2D eigenvalue weighted by Crippen LogP contribution is -2.08. The Hall–Kier alpha value is -3.71. The van der Waals surface area contributed by atoms with Crippen molar-refractivity contribution in [2.45, 2.75) is 6.18 Å². The van der Waals surface area contributed by atoms with Gasteiger partial charge in [-0.1, -0.05) is 0 Å². The van der Waals surface area contributed by atoms with Crippen LogP contribution in [0.25, 0.3) is 5.69 Å². The van der Waals surface area contributed by atoms with Gasteiger partial charge in [0.2, 0.25) is 0 Å². The lowest BCUT2D eigenvalue weighted by molar-refractivity contribution is -0.384. The zero-order chi connectivity index (χ0) is 21.1. The van der Waals surface area contributed by atoms with E-state index in [1.54, 1.807) is 12.1 Å². The van der Waals surface area contributed by atoms with Crippen LogP contribution in [0, 0.1) is 32.8 Å². The van der Waals surface area contributed by atoms with Crippen molar-refractivity contribution < 1.29 is 18.1 Å². The van der Waals surface area contributed by atoms with Gasteiger partial charge in [0.1, 0.15) is 28.1 Å². The van der Waals surface area contributed by atoms with Crippen LogP contribution in [0.4, 0.5) is 18.9 Å². The topological polar surface area (TPSA) is 147 Å². The molecule has 0 radical (unpaired) electrons. The molecule has 2 rings (SSSR count). The van der Waals surface area contributed by atoms with E-state index < -0.39 is 28.0 Å². The van der Waals surface area contributed by atoms with Crippen LogP contribution in [0.2, 0.25) is 0 Å². The summed E-state index contributed by atoms with van der Waals surface area (Å²) in [4.78, 5) is 14.0. The number of benzene rings is 1. The number of nitrogens with zero attached hydrogens (tertiary/aromatic N) is 6. The fourth-order valence-electron chi connectivity index (χ4n) is 1.97. The van der Waals surface area contributed by atoms with Gasteiger partial charge in [0, 0.05) is 17.8 Å². The summed E-state index contributed by atoms with van der Waals surface area (Å²) in [6.07, 6.45) is -2.43. The van der Waals surface area contributed by atoms with Crippen molar-refractivity contribution >= 4 is 27.8 Å². The van der Waals surface area contributed by atoms with Crippen LogP contribution in [-0.4, -0.2) is 20.9 Å². The summed E-state index contributed by atoms with van der Waals surface area (Å²) in [5, 5.41) is 32.7. The van der Waals surface area contributed by atoms with E-state index in [9.17, 15) is 23.3 Å². The molecule has 0 saturated heterocycles. The second kappa shape index (κ2) is 7.89. The normalized spacial score (nSPS) is 12.4. The van der Waals surface area contributed by atoms with Gasteiger partial charge in [-0.05, 0) is 28.1 Å². The van der Waals surface area contributed by atoms with Crippen LogP contribution < -0.4 is 5.73 Å². The van der Waals surface area contributed by atoms with Gasteiger partial charge < -0.3 is 5.73 Å². The molecule has 0 fully saturated rings. The number of alkyl halides is 3. The van der Waals surface area contributed by atoms with Gasteiger partial charge in [-0.15, -0.1) is 0 Å². The van der Waals surface area contributed by atoms with Crippen molar-refractivity contribution in [2.24, 2.45) is 10.7 Å². The molecule has 0 amide bonds. The number of rotatable bonds is 4. The SMILES string of the molecule is N#CC(N)=C(C#N)N=Cc1cnn(-c2ccc(C(F)(F)F)cc2[N+](=O)[O-])c1Br. The number of nitro groups is 1. The molecule has 0 aliphatic rings. The van der Waals surface area contributed by atoms with Crippen LogP contribution in [-0.2, 0) is 6.18 Å². The molecule has 142 valence electrons. The standard InChI is InChI=1S/C15H7BrF3N7O2/c16-14-8(6-23-11(5-21)10(22)4-20)7-24-25(14)12-2-1-9(15(17,18)19)3-13(12)26(27)28/h1-3,6-7H,22H2. The minimum Gasteiger partial charge on any atom is -0.388 e. The Kier molecular flexibility index (Phi) is 5.81. The molecule has 0 bridgehead atoms. The highest BCUT2D eigenvalue weighted by Gasteiger charge is 2.33. The minimum absolute atomic E-state index is 0.118. The first-order chi connectivity index (χ1) is 13.1. The zero-order valence-electron chi connectivity index (χ0n) is 13.5. The van der Waals surface area contributed by atoms with Gasteiger partial charge in [-0.25, -0.2) is 9.67 Å². The summed E-state index contributed by atoms with van der Waals surface area (Å²) in [6, 6.07) is 5.18. The van der Waals surface area contributed by atoms with Crippen LogP contribution in [0.1, 0.15) is 11.1 Å². The number of allylic oxidation sites excluding steroid dienone is 2. The van der Waals surface area contributed by atoms with E-state index in [1.807, 2.05) is 0 Å². The molecule has 2 aromatic rings. The Balaban J connectivity index is 2.54. The Morgan fingerprint density at radius 1 is 1.39 bits per heavy atom. The monoisotopic (exact) mass is 453 g/mol. The molecule has 0 atom stereocenters. The molecular weight excluding hydrogens is 447 g/mol. The first-order valence-corrected chi connectivity index (χ1v) is 7.83. The average Bonchev–Trinajstić information content (AvgIpc) is 3.01. The molecule has 0 aliphatic heterocycles. The third-order valence-electron chi connectivity index (χ3n) is 3.28. The number of nitrogens with two attached hydrogens (primary N) is 1. The van der Waals surface area contributed by atoms with E-state index in [2.05, 4.69) is 26.0 Å². The predicted molar refractivity (Wildman–Crippen MR) is 93.0 cm³/mol. The van der Waals surface area contributed by atoms with Crippen molar-refractivity contribution in [3.63, 3.8) is 0 Å². The molecule has 0 spiro atoms. The lowest BCUT2D eigenvalue weighted by Gasteiger charge is -2.09. The number of aliphatic imine (C=N–C) groups is 1. The van der Waals surface area contributed by atoms with E-state index in [-0.39, 0.29) is 21.6 Å². The Bertz CT molecular complexity index is 1090. The Morgan fingerprint density at radius 2 is 2.07 bits per heavy atom. The second-order valence-corrected chi connectivity index (χ2v) is 5.76. The van der Waals surface area contributed by atoms with Crippen molar-refractivity contribution in [1.82, 2.24) is 9.78 Å². The number of nitro benzene ring substituents is 1. The van der Waals surface area contributed by atoms with Crippen molar-refractivity contribution in [3.8, 4) is 17.8 Å². The molecule has 28 heavy (non-hydrogen) atoms. The first-order valence-electron chi connectivity index (χ1n) is 7.03. The summed E-state index contributed by atoms with van der Waals surface area (Å²) in [5.74, 6) is 0. The fourth-order valence-corrected chi connectivity index (χ4v) is 2.46. The van der Waals surface area contributed by atoms with E-state index in [0.29, 0.717) is 12.1 Å². The first kappa shape index (κ1) is 20.6. The maximum Gasteiger partial charge on any atom is 0.416 e. The fraction of sp³-hybridized carbons (Fsp3) is 0.0667. The largest absolute Gasteiger partial charge is 0.416 e. The van der Waals surface area contributed by atoms with Gasteiger partial charge in [0.15, 0.2) is 5.70 Å². The average molecular weight is 454 g/mol. The van der Waals surface area contributed by atoms with Gasteiger partial charge >= 0.3 is 6.18 Å². The third-order valence-corrected chi connectivity index (χ3v) is 4.07. The Labute approximate surface area is 163 Å². The maximum absolute atomic E-state index is 12.8. The number of halogens is 4. The van der Waals surface area contributed by atoms with Gasteiger partial charge in [0.25, 0.3) is 5.69 Å². The molecule has 0 aliphatic carbocycles. The van der Waals surface area contributed by atoms with Crippen LogP contribution >= 0.6 is 15.9 Å². The number of hydrogen-bond acceptors (Lipinski definition) is 7. The van der Waals surface area contributed by atoms with E-state index in [4.69, 9.17) is 16.3 Å². The number of hydrogen-bond donors (Lipinski definition) is 1. The predicted octanol–water partition coefficient (Wildman–Crippen LogP) is 3.20. The molecule has 1 aromatic heterocycles. The van der Waals surface area contributed by atoms with Gasteiger partial charge in [0.05, 0.1) is 16.7 Å². The summed E-state index contributed by atoms with van der Waals surface area (Å²) in [6.45, 7) is 0. The minimum atomic E-state index is -4.75. The van der Waals surface area contributed by atoms with Gasteiger partial charge in [-0.3, -0.25) is 10.1 Å². The summed E-state index contributed by atoms with van der Waals surface area (Å²) < 4.78 is 39.6. The molecule has 0 saturated carbocycles. The molecule has 1 heterocycles. The number of aromatic nitrogens is 2. The smallest absolute Gasteiger partial charge is 0.388 e. The summed E-state index contributed by atoms with van der Waals surface area (Å²) >= 11 is 3.12. The second-order valence-electron chi connectivity index (χ2n) is 5.00. The van der Waals surface area contributed by atoms with E-state index in [0.717, 1.165) is 17.0 Å². The number of nitriles is 2. The lowest BCUT2D eigenvalue weighted by atomic mass is 10.1.